The third-order valence-corrected chi connectivity index (χ3v) is 5.72. The number of nitrogens with two attached hydrogens (primary N) is 1. The number of nitrogens with zero attached hydrogens (tertiary/aromatic N) is 4. The summed E-state index contributed by atoms with van der Waals surface area (Å²) in [6, 6.07) is 3.28. The summed E-state index contributed by atoms with van der Waals surface area (Å²) in [5.41, 5.74) is 6.35. The zero-order valence-electron chi connectivity index (χ0n) is 11.2. The number of imidazole rings is 1. The summed E-state index contributed by atoms with van der Waals surface area (Å²) in [5.74, 6) is 0.00866. The second-order valence-electron chi connectivity index (χ2n) is 4.23. The number of sulfonamides is 1. The van der Waals surface area contributed by atoms with Crippen molar-refractivity contribution < 1.29 is 8.42 Å². The van der Waals surface area contributed by atoms with Gasteiger partial charge in [-0.05, 0) is 19.1 Å². The molecule has 3 aromatic rings. The Morgan fingerprint density at radius 1 is 1.38 bits per heavy atom. The maximum atomic E-state index is 12.9. The largest absolute Gasteiger partial charge is 0.381 e. The van der Waals surface area contributed by atoms with E-state index >= 15 is 0 Å². The van der Waals surface area contributed by atoms with Gasteiger partial charge in [0.2, 0.25) is 5.03 Å². The van der Waals surface area contributed by atoms with Crippen molar-refractivity contribution in [3.8, 4) is 0 Å². The van der Waals surface area contributed by atoms with Crippen molar-refractivity contribution in [1.29, 1.82) is 0 Å². The van der Waals surface area contributed by atoms with Gasteiger partial charge in [0.1, 0.15) is 0 Å². The first kappa shape index (κ1) is 13.8. The van der Waals surface area contributed by atoms with Crippen LogP contribution < -0.4 is 10.0 Å². The highest BCUT2D eigenvalue weighted by Gasteiger charge is 2.30. The fraction of sp³-hybridized carbons (Fsp3) is 0.167. The standard InChI is InChI=1S/C12H13N5O2S2/c1-2-17(9-3-5-14-6-4-9)21(18,19)11-10(13)15-12-16(11)7-8-20-12/h3-8H,2,13H2,1H3. The molecule has 0 saturated carbocycles. The summed E-state index contributed by atoms with van der Waals surface area (Å²) >= 11 is 1.33. The third-order valence-electron chi connectivity index (χ3n) is 3.02. The molecule has 0 amide bonds. The van der Waals surface area contributed by atoms with E-state index in [0.717, 1.165) is 0 Å². The lowest BCUT2D eigenvalue weighted by atomic mass is 10.4. The number of rotatable bonds is 4. The third kappa shape index (κ3) is 2.14. The van der Waals surface area contributed by atoms with Gasteiger partial charge in [0.25, 0.3) is 10.0 Å². The van der Waals surface area contributed by atoms with Gasteiger partial charge >= 0.3 is 0 Å². The Kier molecular flexibility index (Phi) is 3.30. The lowest BCUT2D eigenvalue weighted by Crippen LogP contribution is -2.32. The number of pyridine rings is 1. The van der Waals surface area contributed by atoms with Crippen LogP contribution in [0.5, 0.6) is 0 Å². The Labute approximate surface area is 125 Å². The Balaban J connectivity index is 2.19. The zero-order chi connectivity index (χ0) is 15.0. The quantitative estimate of drug-likeness (QED) is 0.787. The molecule has 0 aliphatic heterocycles. The van der Waals surface area contributed by atoms with Crippen molar-refractivity contribution in [1.82, 2.24) is 14.4 Å². The Hall–Kier alpha value is -2.13. The summed E-state index contributed by atoms with van der Waals surface area (Å²) in [6.07, 6.45) is 4.75. The molecule has 3 heterocycles. The molecular formula is C12H13N5O2S2. The molecule has 0 saturated heterocycles. The molecule has 0 aromatic carbocycles. The normalized spacial score (nSPS) is 11.9. The number of thiazole rings is 1. The molecule has 3 aromatic heterocycles. The van der Waals surface area contributed by atoms with E-state index in [9.17, 15) is 8.42 Å². The highest BCUT2D eigenvalue weighted by molar-refractivity contribution is 7.92. The van der Waals surface area contributed by atoms with Gasteiger partial charge in [-0.3, -0.25) is 13.7 Å². The van der Waals surface area contributed by atoms with Crippen molar-refractivity contribution >= 4 is 37.8 Å². The van der Waals surface area contributed by atoms with E-state index in [1.54, 1.807) is 43.0 Å². The summed E-state index contributed by atoms with van der Waals surface area (Å²) in [5, 5.41) is 1.76. The van der Waals surface area contributed by atoms with Gasteiger partial charge in [-0.2, -0.15) is 8.42 Å². The minimum absolute atomic E-state index is 0.00240. The Bertz CT molecular complexity index is 870. The number of nitrogen functional groups attached to an aromatic ring is 1. The molecular weight excluding hydrogens is 310 g/mol. The topological polar surface area (TPSA) is 93.6 Å². The second-order valence-corrected chi connectivity index (χ2v) is 6.88. The number of fused-ring (bicyclic) bond motifs is 1. The van der Waals surface area contributed by atoms with E-state index < -0.39 is 10.0 Å². The molecule has 9 heteroatoms. The predicted octanol–water partition coefficient (Wildman–Crippen LogP) is 1.59. The number of aromatic nitrogens is 3. The molecule has 0 bridgehead atoms. The van der Waals surface area contributed by atoms with Gasteiger partial charge in [-0.15, -0.1) is 11.3 Å². The van der Waals surface area contributed by atoms with Crippen LogP contribution in [-0.4, -0.2) is 29.3 Å². The maximum Gasteiger partial charge on any atom is 0.284 e. The summed E-state index contributed by atoms with van der Waals surface area (Å²) < 4.78 is 28.6. The van der Waals surface area contributed by atoms with E-state index in [0.29, 0.717) is 10.6 Å². The Morgan fingerprint density at radius 2 is 2.10 bits per heavy atom. The second kappa shape index (κ2) is 5.01. The molecule has 110 valence electrons. The maximum absolute atomic E-state index is 12.9. The van der Waals surface area contributed by atoms with Crippen LogP contribution in [0.15, 0.2) is 41.1 Å². The lowest BCUT2D eigenvalue weighted by Gasteiger charge is -2.22. The summed E-state index contributed by atoms with van der Waals surface area (Å²) in [4.78, 5) is 8.55. The average molecular weight is 323 g/mol. The van der Waals surface area contributed by atoms with Crippen molar-refractivity contribution in [2.24, 2.45) is 0 Å². The van der Waals surface area contributed by atoms with Crippen LogP contribution in [0.2, 0.25) is 0 Å². The van der Waals surface area contributed by atoms with Gasteiger partial charge in [0, 0.05) is 30.5 Å². The predicted molar refractivity (Wildman–Crippen MR) is 81.9 cm³/mol. The fourth-order valence-electron chi connectivity index (χ4n) is 2.14. The lowest BCUT2D eigenvalue weighted by molar-refractivity contribution is 0.587. The number of hydrogen-bond acceptors (Lipinski definition) is 6. The molecule has 21 heavy (non-hydrogen) atoms. The van der Waals surface area contributed by atoms with Crippen LogP contribution in [0.1, 0.15) is 6.92 Å². The van der Waals surface area contributed by atoms with Crippen LogP contribution in [0, 0.1) is 0 Å². The first-order chi connectivity index (χ1) is 10.1. The van der Waals surface area contributed by atoms with Crippen LogP contribution in [-0.2, 0) is 10.0 Å². The fourth-order valence-corrected chi connectivity index (χ4v) is 4.58. The minimum atomic E-state index is -3.80. The molecule has 2 N–H and O–H groups in total. The van der Waals surface area contributed by atoms with Crippen LogP contribution in [0.3, 0.4) is 0 Å². The van der Waals surface area contributed by atoms with Crippen molar-refractivity contribution in [3.05, 3.63) is 36.1 Å². The minimum Gasteiger partial charge on any atom is -0.381 e. The van der Waals surface area contributed by atoms with Gasteiger partial charge < -0.3 is 5.73 Å². The molecule has 0 unspecified atom stereocenters. The molecule has 0 fully saturated rings. The molecule has 0 spiro atoms. The van der Waals surface area contributed by atoms with Crippen LogP contribution >= 0.6 is 11.3 Å². The first-order valence-electron chi connectivity index (χ1n) is 6.19. The highest BCUT2D eigenvalue weighted by Crippen LogP contribution is 2.28. The van der Waals surface area contributed by atoms with Gasteiger partial charge in [-0.25, -0.2) is 4.98 Å². The first-order valence-corrected chi connectivity index (χ1v) is 8.51. The van der Waals surface area contributed by atoms with Gasteiger partial charge in [0.05, 0.1) is 5.69 Å². The molecule has 3 rings (SSSR count). The number of hydrogen-bond donors (Lipinski definition) is 1. The summed E-state index contributed by atoms with van der Waals surface area (Å²) in [6.45, 7) is 2.04. The van der Waals surface area contributed by atoms with E-state index in [4.69, 9.17) is 5.73 Å². The SMILES string of the molecule is CCN(c1ccncc1)S(=O)(=O)c1c(N)nc2sccn12. The smallest absolute Gasteiger partial charge is 0.284 e. The van der Waals surface area contributed by atoms with E-state index in [-0.39, 0.29) is 17.4 Å². The number of anilines is 2. The average Bonchev–Trinajstić information content (AvgIpc) is 2.99. The molecule has 0 radical (unpaired) electrons. The van der Waals surface area contributed by atoms with Crippen LogP contribution in [0.25, 0.3) is 4.96 Å². The Morgan fingerprint density at radius 3 is 2.76 bits per heavy atom. The summed E-state index contributed by atoms with van der Waals surface area (Å²) in [7, 11) is -3.80. The van der Waals surface area contributed by atoms with Crippen LogP contribution in [0.4, 0.5) is 11.5 Å². The monoisotopic (exact) mass is 323 g/mol. The highest BCUT2D eigenvalue weighted by atomic mass is 32.2. The van der Waals surface area contributed by atoms with E-state index in [2.05, 4.69) is 9.97 Å². The molecule has 0 aliphatic rings. The molecule has 0 atom stereocenters. The molecule has 0 aliphatic carbocycles. The van der Waals surface area contributed by atoms with E-state index in [1.807, 2.05) is 0 Å². The molecule has 7 nitrogen and oxygen atoms in total. The van der Waals surface area contributed by atoms with Gasteiger partial charge in [0.15, 0.2) is 10.8 Å². The van der Waals surface area contributed by atoms with Crippen molar-refractivity contribution in [2.45, 2.75) is 11.9 Å². The van der Waals surface area contributed by atoms with E-state index in [1.165, 1.54) is 20.0 Å². The van der Waals surface area contributed by atoms with Crippen molar-refractivity contribution in [3.63, 3.8) is 0 Å². The van der Waals surface area contributed by atoms with Gasteiger partial charge in [-0.1, -0.05) is 0 Å². The van der Waals surface area contributed by atoms with Crippen molar-refractivity contribution in [2.75, 3.05) is 16.6 Å². The zero-order valence-corrected chi connectivity index (χ0v) is 12.8.